The van der Waals surface area contributed by atoms with Gasteiger partial charge in [0.25, 0.3) is 5.89 Å². The van der Waals surface area contributed by atoms with Gasteiger partial charge >= 0.3 is 0 Å². The van der Waals surface area contributed by atoms with E-state index in [1.54, 1.807) is 14.2 Å². The molecule has 26 heavy (non-hydrogen) atoms. The Morgan fingerprint density at radius 3 is 2.27 bits per heavy atom. The van der Waals surface area contributed by atoms with Crippen LogP contribution in [0.5, 0.6) is 11.5 Å². The topological polar surface area (TPSA) is 60.6 Å². The summed E-state index contributed by atoms with van der Waals surface area (Å²) < 4.78 is 16.0. The maximum absolute atomic E-state index is 5.44. The van der Waals surface area contributed by atoms with Gasteiger partial charge in [-0.1, -0.05) is 5.16 Å². The fourth-order valence-corrected chi connectivity index (χ4v) is 3.22. The van der Waals surface area contributed by atoms with Crippen molar-refractivity contribution in [3.8, 4) is 34.3 Å². The number of aromatic nitrogens is 2. The van der Waals surface area contributed by atoms with Crippen molar-refractivity contribution >= 4 is 5.69 Å². The average molecular weight is 351 g/mol. The van der Waals surface area contributed by atoms with Crippen LogP contribution in [-0.2, 0) is 0 Å². The highest BCUT2D eigenvalue weighted by Gasteiger charge is 2.15. The summed E-state index contributed by atoms with van der Waals surface area (Å²) in [6.45, 7) is 2.26. The van der Waals surface area contributed by atoms with Gasteiger partial charge in [0.2, 0.25) is 5.82 Å². The molecule has 6 nitrogen and oxygen atoms in total. The molecule has 1 saturated heterocycles. The molecule has 0 unspecified atom stereocenters. The molecule has 0 bridgehead atoms. The van der Waals surface area contributed by atoms with E-state index in [0.717, 1.165) is 24.2 Å². The molecule has 0 amide bonds. The molecule has 0 saturated carbocycles. The van der Waals surface area contributed by atoms with Crippen LogP contribution in [0, 0.1) is 0 Å². The van der Waals surface area contributed by atoms with Gasteiger partial charge in [-0.25, -0.2) is 0 Å². The van der Waals surface area contributed by atoms with Gasteiger partial charge in [-0.3, -0.25) is 0 Å². The van der Waals surface area contributed by atoms with Crippen molar-refractivity contribution in [1.29, 1.82) is 0 Å². The summed E-state index contributed by atoms with van der Waals surface area (Å²) in [6, 6.07) is 13.8. The van der Waals surface area contributed by atoms with Gasteiger partial charge in [0.15, 0.2) is 11.5 Å². The summed E-state index contributed by atoms with van der Waals surface area (Å²) in [5.41, 5.74) is 2.97. The van der Waals surface area contributed by atoms with Crippen LogP contribution in [0.4, 0.5) is 5.69 Å². The van der Waals surface area contributed by atoms with E-state index in [4.69, 9.17) is 14.0 Å². The first-order valence-corrected chi connectivity index (χ1v) is 8.70. The number of methoxy groups -OCH3 is 2. The standard InChI is InChI=1S/C20H21N3O3/c1-24-17-10-7-15(13-18(17)25-2)20-21-19(22-26-20)14-5-8-16(9-6-14)23-11-3-4-12-23/h5-10,13H,3-4,11-12H2,1-2H3. The van der Waals surface area contributed by atoms with Crippen LogP contribution in [0.2, 0.25) is 0 Å². The van der Waals surface area contributed by atoms with Crippen LogP contribution in [0.3, 0.4) is 0 Å². The van der Waals surface area contributed by atoms with E-state index < -0.39 is 0 Å². The zero-order chi connectivity index (χ0) is 17.9. The highest BCUT2D eigenvalue weighted by Crippen LogP contribution is 2.32. The third-order valence-corrected chi connectivity index (χ3v) is 4.65. The average Bonchev–Trinajstić information content (AvgIpc) is 3.39. The number of ether oxygens (including phenoxy) is 2. The minimum absolute atomic E-state index is 0.449. The fourth-order valence-electron chi connectivity index (χ4n) is 3.22. The first-order chi connectivity index (χ1) is 12.8. The van der Waals surface area contributed by atoms with Crippen molar-refractivity contribution in [2.45, 2.75) is 12.8 Å². The largest absolute Gasteiger partial charge is 0.493 e. The molecule has 3 aromatic rings. The Morgan fingerprint density at radius 1 is 0.885 bits per heavy atom. The maximum atomic E-state index is 5.44. The quantitative estimate of drug-likeness (QED) is 0.692. The molecular weight excluding hydrogens is 330 g/mol. The summed E-state index contributed by atoms with van der Waals surface area (Å²) in [7, 11) is 3.21. The van der Waals surface area contributed by atoms with Crippen molar-refractivity contribution in [3.05, 3.63) is 42.5 Å². The van der Waals surface area contributed by atoms with Gasteiger partial charge in [-0.15, -0.1) is 0 Å². The van der Waals surface area contributed by atoms with Crippen molar-refractivity contribution in [2.75, 3.05) is 32.2 Å². The molecule has 0 N–H and O–H groups in total. The lowest BCUT2D eigenvalue weighted by Crippen LogP contribution is -2.17. The summed E-state index contributed by atoms with van der Waals surface area (Å²) in [6.07, 6.45) is 2.53. The van der Waals surface area contributed by atoms with Crippen LogP contribution >= 0.6 is 0 Å². The summed E-state index contributed by atoms with van der Waals surface area (Å²) in [5.74, 6) is 2.31. The third-order valence-electron chi connectivity index (χ3n) is 4.65. The number of anilines is 1. The monoisotopic (exact) mass is 351 g/mol. The molecule has 6 heteroatoms. The molecule has 1 aromatic heterocycles. The molecule has 0 radical (unpaired) electrons. The minimum atomic E-state index is 0.449. The van der Waals surface area contributed by atoms with Gasteiger partial charge in [0, 0.05) is 29.9 Å². The maximum Gasteiger partial charge on any atom is 0.258 e. The van der Waals surface area contributed by atoms with Crippen LogP contribution in [-0.4, -0.2) is 37.4 Å². The lowest BCUT2D eigenvalue weighted by Gasteiger charge is -2.17. The van der Waals surface area contributed by atoms with Gasteiger partial charge in [0.1, 0.15) is 0 Å². The molecule has 2 aromatic carbocycles. The molecule has 0 spiro atoms. The SMILES string of the molecule is COc1ccc(-c2nc(-c3ccc(N4CCCC4)cc3)no2)cc1OC. The second kappa shape index (κ2) is 7.07. The molecule has 2 heterocycles. The molecule has 134 valence electrons. The first kappa shape index (κ1) is 16.4. The van der Waals surface area contributed by atoms with Crippen LogP contribution in [0.25, 0.3) is 22.8 Å². The van der Waals surface area contributed by atoms with Gasteiger partial charge in [0.05, 0.1) is 14.2 Å². The van der Waals surface area contributed by atoms with E-state index in [-0.39, 0.29) is 0 Å². The second-order valence-electron chi connectivity index (χ2n) is 6.23. The smallest absolute Gasteiger partial charge is 0.258 e. The molecule has 0 atom stereocenters. The van der Waals surface area contributed by atoms with E-state index in [2.05, 4.69) is 27.2 Å². The lowest BCUT2D eigenvalue weighted by molar-refractivity contribution is 0.355. The summed E-state index contributed by atoms with van der Waals surface area (Å²) in [5, 5.41) is 4.12. The highest BCUT2D eigenvalue weighted by molar-refractivity contribution is 5.64. The Hall–Kier alpha value is -3.02. The normalized spacial score (nSPS) is 13.8. The Bertz CT molecular complexity index is 884. The Kier molecular flexibility index (Phi) is 4.48. The van der Waals surface area contributed by atoms with Crippen molar-refractivity contribution in [3.63, 3.8) is 0 Å². The highest BCUT2D eigenvalue weighted by atomic mass is 16.5. The van der Waals surface area contributed by atoms with E-state index in [9.17, 15) is 0 Å². The zero-order valence-corrected chi connectivity index (χ0v) is 14.9. The Labute approximate surface area is 152 Å². The lowest BCUT2D eigenvalue weighted by atomic mass is 10.2. The predicted molar refractivity (Wildman–Crippen MR) is 99.7 cm³/mol. The number of nitrogens with zero attached hydrogens (tertiary/aromatic N) is 3. The van der Waals surface area contributed by atoms with Crippen molar-refractivity contribution in [2.24, 2.45) is 0 Å². The van der Waals surface area contributed by atoms with Crippen LogP contribution in [0.1, 0.15) is 12.8 Å². The molecular formula is C20H21N3O3. The Morgan fingerprint density at radius 2 is 1.58 bits per heavy atom. The summed E-state index contributed by atoms with van der Waals surface area (Å²) in [4.78, 5) is 6.92. The van der Waals surface area contributed by atoms with E-state index in [1.807, 2.05) is 30.3 Å². The van der Waals surface area contributed by atoms with Gasteiger partial charge < -0.3 is 18.9 Å². The van der Waals surface area contributed by atoms with Crippen LogP contribution < -0.4 is 14.4 Å². The van der Waals surface area contributed by atoms with E-state index >= 15 is 0 Å². The van der Waals surface area contributed by atoms with E-state index in [1.165, 1.54) is 18.5 Å². The van der Waals surface area contributed by atoms with Crippen molar-refractivity contribution in [1.82, 2.24) is 10.1 Å². The zero-order valence-electron chi connectivity index (χ0n) is 14.9. The van der Waals surface area contributed by atoms with Crippen LogP contribution in [0.15, 0.2) is 47.0 Å². The molecule has 0 aliphatic carbocycles. The fraction of sp³-hybridized carbons (Fsp3) is 0.300. The molecule has 1 aliphatic heterocycles. The van der Waals surface area contributed by atoms with Gasteiger partial charge in [-0.2, -0.15) is 4.98 Å². The Balaban J connectivity index is 1.58. The summed E-state index contributed by atoms with van der Waals surface area (Å²) >= 11 is 0. The first-order valence-electron chi connectivity index (χ1n) is 8.70. The number of benzene rings is 2. The number of hydrogen-bond donors (Lipinski definition) is 0. The molecule has 1 aliphatic rings. The molecule has 4 rings (SSSR count). The predicted octanol–water partition coefficient (Wildman–Crippen LogP) is 4.02. The third kappa shape index (κ3) is 3.10. The van der Waals surface area contributed by atoms with E-state index in [0.29, 0.717) is 23.2 Å². The molecule has 1 fully saturated rings. The number of hydrogen-bond acceptors (Lipinski definition) is 6. The van der Waals surface area contributed by atoms with Gasteiger partial charge in [-0.05, 0) is 55.3 Å². The number of rotatable bonds is 5. The minimum Gasteiger partial charge on any atom is -0.493 e. The second-order valence-corrected chi connectivity index (χ2v) is 6.23. The van der Waals surface area contributed by atoms with Crippen molar-refractivity contribution < 1.29 is 14.0 Å².